The van der Waals surface area contributed by atoms with E-state index < -0.39 is 29.7 Å². The molecule has 0 saturated carbocycles. The molecule has 2 nitrogen and oxygen atoms in total. The van der Waals surface area contributed by atoms with Crippen LogP contribution in [0.15, 0.2) is 61.2 Å². The number of ketones is 2. The van der Waals surface area contributed by atoms with Crippen LogP contribution in [0, 0.1) is 0 Å². The van der Waals surface area contributed by atoms with Gasteiger partial charge in [-0.05, 0) is 12.1 Å². The van der Waals surface area contributed by atoms with Crippen molar-refractivity contribution in [1.29, 1.82) is 0 Å². The molecule has 0 N–H and O–H groups in total. The zero-order chi connectivity index (χ0) is 16.0. The highest BCUT2D eigenvalue weighted by atomic mass is 19.4. The summed E-state index contributed by atoms with van der Waals surface area (Å²) in [6, 6.07) is 3.74. The molecule has 0 atom stereocenters. The summed E-state index contributed by atoms with van der Waals surface area (Å²) < 4.78 is 37.2. The van der Waals surface area contributed by atoms with Gasteiger partial charge in [-0.25, -0.2) is 0 Å². The summed E-state index contributed by atoms with van der Waals surface area (Å²) in [4.78, 5) is 23.6. The van der Waals surface area contributed by atoms with E-state index in [0.717, 1.165) is 24.3 Å². The third kappa shape index (κ3) is 4.56. The fraction of sp³-hybridized carbons (Fsp3) is 0.125. The lowest BCUT2D eigenvalue weighted by atomic mass is 10.0. The second kappa shape index (κ2) is 6.83. The van der Waals surface area contributed by atoms with Crippen molar-refractivity contribution in [3.8, 4) is 0 Å². The summed E-state index contributed by atoms with van der Waals surface area (Å²) in [6.07, 6.45) is -0.798. The van der Waals surface area contributed by atoms with Gasteiger partial charge in [0.2, 0.25) is 0 Å². The van der Waals surface area contributed by atoms with Gasteiger partial charge < -0.3 is 0 Å². The molecule has 1 rings (SSSR count). The van der Waals surface area contributed by atoms with Gasteiger partial charge in [-0.15, -0.1) is 0 Å². The number of carbonyl (C=O) groups excluding carboxylic acids is 2. The Morgan fingerprint density at radius 2 is 1.67 bits per heavy atom. The van der Waals surface area contributed by atoms with Crippen LogP contribution in [-0.2, 0) is 11.0 Å². The summed E-state index contributed by atoms with van der Waals surface area (Å²) in [5.74, 6) is -1.01. The molecule has 0 aromatic heterocycles. The van der Waals surface area contributed by atoms with Crippen molar-refractivity contribution < 1.29 is 22.8 Å². The third-order valence-corrected chi connectivity index (χ3v) is 2.69. The SMILES string of the molecule is C=C/C=C(\C=C)C(=O)CC(=O)c1ccc(C(F)(F)F)cc1. The van der Waals surface area contributed by atoms with E-state index in [1.807, 2.05) is 0 Å². The van der Waals surface area contributed by atoms with Gasteiger partial charge in [0.05, 0.1) is 12.0 Å². The molecule has 0 bridgehead atoms. The fourth-order valence-electron chi connectivity index (χ4n) is 1.60. The molecule has 0 aliphatic heterocycles. The number of benzene rings is 1. The summed E-state index contributed by atoms with van der Waals surface area (Å²) >= 11 is 0. The molecule has 1 aromatic carbocycles. The molecule has 0 amide bonds. The van der Waals surface area contributed by atoms with Crippen LogP contribution >= 0.6 is 0 Å². The number of alkyl halides is 3. The Kier molecular flexibility index (Phi) is 5.41. The average molecular weight is 294 g/mol. The topological polar surface area (TPSA) is 34.1 Å². The number of carbonyl (C=O) groups is 2. The second-order valence-corrected chi connectivity index (χ2v) is 4.16. The number of hydrogen-bond donors (Lipinski definition) is 0. The predicted octanol–water partition coefficient (Wildman–Crippen LogP) is 4.15. The smallest absolute Gasteiger partial charge is 0.294 e. The predicted molar refractivity (Wildman–Crippen MR) is 73.9 cm³/mol. The number of Topliss-reactive ketones (excluding diaryl/α,β-unsaturated/α-hetero) is 2. The molecule has 0 aliphatic carbocycles. The van der Waals surface area contributed by atoms with E-state index in [1.165, 1.54) is 18.2 Å². The highest BCUT2D eigenvalue weighted by molar-refractivity contribution is 6.14. The Bertz CT molecular complexity index is 593. The first kappa shape index (κ1) is 16.6. The van der Waals surface area contributed by atoms with Crippen LogP contribution in [0.3, 0.4) is 0 Å². The van der Waals surface area contributed by atoms with Crippen LogP contribution in [0.4, 0.5) is 13.2 Å². The lowest BCUT2D eigenvalue weighted by molar-refractivity contribution is -0.137. The van der Waals surface area contributed by atoms with Crippen molar-refractivity contribution in [2.24, 2.45) is 0 Å². The normalized spacial score (nSPS) is 11.9. The molecule has 0 heterocycles. The molecular formula is C16H13F3O2. The van der Waals surface area contributed by atoms with Crippen LogP contribution in [0.1, 0.15) is 22.3 Å². The number of halogens is 3. The first-order valence-corrected chi connectivity index (χ1v) is 5.98. The van der Waals surface area contributed by atoms with E-state index in [2.05, 4.69) is 13.2 Å². The van der Waals surface area contributed by atoms with E-state index in [4.69, 9.17) is 0 Å². The van der Waals surface area contributed by atoms with E-state index in [1.54, 1.807) is 0 Å². The summed E-state index contributed by atoms with van der Waals surface area (Å²) in [5, 5.41) is 0. The monoisotopic (exact) mass is 294 g/mol. The van der Waals surface area contributed by atoms with Gasteiger partial charge in [-0.3, -0.25) is 9.59 Å². The van der Waals surface area contributed by atoms with Crippen LogP contribution < -0.4 is 0 Å². The first-order chi connectivity index (χ1) is 9.79. The highest BCUT2D eigenvalue weighted by Gasteiger charge is 2.30. The van der Waals surface area contributed by atoms with E-state index >= 15 is 0 Å². The van der Waals surface area contributed by atoms with Crippen molar-refractivity contribution in [3.05, 3.63) is 72.4 Å². The fourth-order valence-corrected chi connectivity index (χ4v) is 1.60. The Balaban J connectivity index is 2.85. The van der Waals surface area contributed by atoms with E-state index in [9.17, 15) is 22.8 Å². The van der Waals surface area contributed by atoms with Gasteiger partial charge in [0, 0.05) is 11.1 Å². The molecule has 21 heavy (non-hydrogen) atoms. The average Bonchev–Trinajstić information content (AvgIpc) is 2.43. The molecule has 0 saturated heterocycles. The molecule has 0 fully saturated rings. The van der Waals surface area contributed by atoms with Crippen LogP contribution in [0.2, 0.25) is 0 Å². The molecule has 5 heteroatoms. The van der Waals surface area contributed by atoms with Gasteiger partial charge in [0.15, 0.2) is 11.6 Å². The largest absolute Gasteiger partial charge is 0.416 e. The van der Waals surface area contributed by atoms with Crippen molar-refractivity contribution in [2.45, 2.75) is 12.6 Å². The number of allylic oxidation sites excluding steroid dienone is 4. The van der Waals surface area contributed by atoms with Crippen LogP contribution in [0.25, 0.3) is 0 Å². The van der Waals surface area contributed by atoms with Gasteiger partial charge in [0.25, 0.3) is 0 Å². The summed E-state index contributed by atoms with van der Waals surface area (Å²) in [5.41, 5.74) is -0.563. The zero-order valence-corrected chi connectivity index (χ0v) is 11.1. The number of rotatable bonds is 6. The minimum absolute atomic E-state index is 0.0540. The Morgan fingerprint density at radius 3 is 2.10 bits per heavy atom. The van der Waals surface area contributed by atoms with Crippen LogP contribution in [-0.4, -0.2) is 11.6 Å². The van der Waals surface area contributed by atoms with Gasteiger partial charge in [-0.1, -0.05) is 43.5 Å². The minimum Gasteiger partial charge on any atom is -0.294 e. The maximum Gasteiger partial charge on any atom is 0.416 e. The summed E-state index contributed by atoms with van der Waals surface area (Å²) in [7, 11) is 0. The Labute approximate surface area is 120 Å². The molecule has 0 spiro atoms. The van der Waals surface area contributed by atoms with Crippen molar-refractivity contribution >= 4 is 11.6 Å². The minimum atomic E-state index is -4.46. The highest BCUT2D eigenvalue weighted by Crippen LogP contribution is 2.29. The standard InChI is InChI=1S/C16H13F3O2/c1-3-5-11(4-2)14(20)10-15(21)12-6-8-13(9-7-12)16(17,18)19/h3-9H,1-2,10H2/b11-5+. The third-order valence-electron chi connectivity index (χ3n) is 2.69. The van der Waals surface area contributed by atoms with Gasteiger partial charge in [-0.2, -0.15) is 13.2 Å². The van der Waals surface area contributed by atoms with Crippen LogP contribution in [0.5, 0.6) is 0 Å². The van der Waals surface area contributed by atoms with E-state index in [-0.39, 0.29) is 11.1 Å². The molecular weight excluding hydrogens is 281 g/mol. The van der Waals surface area contributed by atoms with Crippen molar-refractivity contribution in [2.75, 3.05) is 0 Å². The molecule has 110 valence electrons. The lowest BCUT2D eigenvalue weighted by Gasteiger charge is -2.07. The lowest BCUT2D eigenvalue weighted by Crippen LogP contribution is -2.10. The molecule has 0 aliphatic rings. The van der Waals surface area contributed by atoms with E-state index in [0.29, 0.717) is 0 Å². The van der Waals surface area contributed by atoms with Gasteiger partial charge >= 0.3 is 6.18 Å². The molecule has 0 unspecified atom stereocenters. The maximum atomic E-state index is 12.4. The molecule has 1 aromatic rings. The number of hydrogen-bond acceptors (Lipinski definition) is 2. The zero-order valence-electron chi connectivity index (χ0n) is 11.1. The first-order valence-electron chi connectivity index (χ1n) is 5.98. The van der Waals surface area contributed by atoms with Crippen molar-refractivity contribution in [1.82, 2.24) is 0 Å². The Hall–Kier alpha value is -2.43. The quantitative estimate of drug-likeness (QED) is 0.342. The van der Waals surface area contributed by atoms with Gasteiger partial charge in [0.1, 0.15) is 0 Å². The Morgan fingerprint density at radius 1 is 1.10 bits per heavy atom. The maximum absolute atomic E-state index is 12.4. The van der Waals surface area contributed by atoms with Crippen molar-refractivity contribution in [3.63, 3.8) is 0 Å². The second-order valence-electron chi connectivity index (χ2n) is 4.16. The molecule has 0 radical (unpaired) electrons. The summed E-state index contributed by atoms with van der Waals surface area (Å²) in [6.45, 7) is 6.88.